The molecule has 2 heteroatoms. The van der Waals surface area contributed by atoms with Crippen molar-refractivity contribution in [3.8, 4) is 0 Å². The molecule has 1 atom stereocenters. The van der Waals surface area contributed by atoms with Crippen molar-refractivity contribution in [2.45, 2.75) is 69.5 Å². The molecule has 0 radical (unpaired) electrons. The van der Waals surface area contributed by atoms with E-state index >= 15 is 0 Å². The molecule has 2 fully saturated rings. The molecule has 1 heterocycles. The zero-order valence-electron chi connectivity index (χ0n) is 8.93. The van der Waals surface area contributed by atoms with E-state index in [9.17, 15) is 0 Å². The molecule has 0 N–H and O–H groups in total. The summed E-state index contributed by atoms with van der Waals surface area (Å²) in [5.74, 6) is 0. The molecule has 2 aliphatic rings. The van der Waals surface area contributed by atoms with Gasteiger partial charge in [0.25, 0.3) is 0 Å². The first-order valence-electron chi connectivity index (χ1n) is 6.08. The highest BCUT2D eigenvalue weighted by atomic mass is 79.9. The molecule has 1 nitrogen and oxygen atoms in total. The number of hydrogen-bond acceptors (Lipinski definition) is 1. The van der Waals surface area contributed by atoms with Gasteiger partial charge >= 0.3 is 0 Å². The van der Waals surface area contributed by atoms with Crippen LogP contribution in [0.2, 0.25) is 0 Å². The molecule has 2 rings (SSSR count). The summed E-state index contributed by atoms with van der Waals surface area (Å²) < 4.78 is 6.24. The minimum atomic E-state index is 0.346. The summed E-state index contributed by atoms with van der Waals surface area (Å²) >= 11 is 3.48. The first kappa shape index (κ1) is 10.9. The molecule has 0 bridgehead atoms. The second-order valence-electron chi connectivity index (χ2n) is 4.85. The summed E-state index contributed by atoms with van der Waals surface area (Å²) in [5.41, 5.74) is 0.346. The summed E-state index contributed by atoms with van der Waals surface area (Å²) in [6, 6.07) is 0. The van der Waals surface area contributed by atoms with E-state index in [4.69, 9.17) is 4.74 Å². The van der Waals surface area contributed by atoms with Crippen molar-refractivity contribution in [2.75, 3.05) is 5.33 Å². The van der Waals surface area contributed by atoms with Gasteiger partial charge in [-0.1, -0.05) is 35.2 Å². The first-order chi connectivity index (χ1) is 6.85. The van der Waals surface area contributed by atoms with Gasteiger partial charge in [0.15, 0.2) is 0 Å². The smallest absolute Gasteiger partial charge is 0.0687 e. The number of unbranched alkanes of at least 4 members (excludes halogenated alkanes) is 1. The molecule has 82 valence electrons. The van der Waals surface area contributed by atoms with E-state index in [2.05, 4.69) is 15.9 Å². The van der Waals surface area contributed by atoms with Crippen molar-refractivity contribution in [1.82, 2.24) is 0 Å². The highest BCUT2D eigenvalue weighted by Gasteiger charge is 2.41. The van der Waals surface area contributed by atoms with Crippen molar-refractivity contribution >= 4 is 15.9 Å². The Morgan fingerprint density at radius 2 is 1.93 bits per heavy atom. The Bertz CT molecular complexity index is 175. The van der Waals surface area contributed by atoms with Crippen LogP contribution >= 0.6 is 15.9 Å². The van der Waals surface area contributed by atoms with Crippen LogP contribution in [0.4, 0.5) is 0 Å². The van der Waals surface area contributed by atoms with Gasteiger partial charge < -0.3 is 4.74 Å². The molecule has 14 heavy (non-hydrogen) atoms. The highest BCUT2D eigenvalue weighted by molar-refractivity contribution is 9.09. The summed E-state index contributed by atoms with van der Waals surface area (Å²) in [6.45, 7) is 0. The maximum absolute atomic E-state index is 6.24. The summed E-state index contributed by atoms with van der Waals surface area (Å²) in [5, 5.41) is 1.14. The minimum Gasteiger partial charge on any atom is -0.372 e. The summed E-state index contributed by atoms with van der Waals surface area (Å²) in [4.78, 5) is 0. The van der Waals surface area contributed by atoms with Crippen LogP contribution in [0.5, 0.6) is 0 Å². The molecular weight excluding hydrogens is 240 g/mol. The fourth-order valence-electron chi connectivity index (χ4n) is 2.95. The highest BCUT2D eigenvalue weighted by Crippen LogP contribution is 2.44. The maximum Gasteiger partial charge on any atom is 0.0687 e. The molecule has 1 spiro atoms. The molecule has 0 aromatic heterocycles. The molecule has 1 saturated carbocycles. The average molecular weight is 261 g/mol. The largest absolute Gasteiger partial charge is 0.372 e. The fourth-order valence-corrected chi connectivity index (χ4v) is 3.35. The Morgan fingerprint density at radius 3 is 2.64 bits per heavy atom. The van der Waals surface area contributed by atoms with Crippen molar-refractivity contribution in [1.29, 1.82) is 0 Å². The Morgan fingerprint density at radius 1 is 1.14 bits per heavy atom. The average Bonchev–Trinajstić information content (AvgIpc) is 2.79. The third kappa shape index (κ3) is 2.52. The van der Waals surface area contributed by atoms with Gasteiger partial charge in [-0.25, -0.2) is 0 Å². The third-order valence-electron chi connectivity index (χ3n) is 3.76. The Hall–Kier alpha value is 0.440. The Balaban J connectivity index is 1.71. The number of hydrogen-bond donors (Lipinski definition) is 0. The van der Waals surface area contributed by atoms with Gasteiger partial charge in [0.2, 0.25) is 0 Å². The van der Waals surface area contributed by atoms with Gasteiger partial charge in [0.05, 0.1) is 11.7 Å². The number of rotatable bonds is 4. The predicted octanol–water partition coefficient (Wildman–Crippen LogP) is 4.04. The van der Waals surface area contributed by atoms with E-state index in [1.54, 1.807) is 0 Å². The first-order valence-corrected chi connectivity index (χ1v) is 7.21. The van der Waals surface area contributed by atoms with Gasteiger partial charge in [-0.2, -0.15) is 0 Å². The maximum atomic E-state index is 6.24. The number of alkyl halides is 1. The lowest BCUT2D eigenvalue weighted by atomic mass is 9.98. The van der Waals surface area contributed by atoms with Crippen LogP contribution in [0.3, 0.4) is 0 Å². The van der Waals surface area contributed by atoms with Gasteiger partial charge in [0, 0.05) is 5.33 Å². The molecule has 1 saturated heterocycles. The second kappa shape index (κ2) is 4.98. The lowest BCUT2D eigenvalue weighted by Crippen LogP contribution is -2.24. The summed E-state index contributed by atoms with van der Waals surface area (Å²) in [6.07, 6.45) is 12.6. The third-order valence-corrected chi connectivity index (χ3v) is 4.32. The van der Waals surface area contributed by atoms with Crippen molar-refractivity contribution in [2.24, 2.45) is 0 Å². The Kier molecular flexibility index (Phi) is 3.89. The van der Waals surface area contributed by atoms with Gasteiger partial charge in [-0.15, -0.1) is 0 Å². The molecule has 1 unspecified atom stereocenters. The minimum absolute atomic E-state index is 0.346. The molecule has 1 aliphatic carbocycles. The molecule has 0 amide bonds. The van der Waals surface area contributed by atoms with Crippen LogP contribution in [-0.4, -0.2) is 17.0 Å². The zero-order valence-corrected chi connectivity index (χ0v) is 10.5. The van der Waals surface area contributed by atoms with Gasteiger partial charge in [-0.05, 0) is 38.5 Å². The monoisotopic (exact) mass is 260 g/mol. The predicted molar refractivity (Wildman–Crippen MR) is 63.0 cm³/mol. The van der Waals surface area contributed by atoms with E-state index < -0.39 is 0 Å². The Labute approximate surface area is 95.7 Å². The number of ether oxygens (including phenoxy) is 1. The van der Waals surface area contributed by atoms with Crippen LogP contribution in [0.15, 0.2) is 0 Å². The summed E-state index contributed by atoms with van der Waals surface area (Å²) in [7, 11) is 0. The quantitative estimate of drug-likeness (QED) is 0.548. The van der Waals surface area contributed by atoms with E-state index in [1.165, 1.54) is 57.8 Å². The van der Waals surface area contributed by atoms with Gasteiger partial charge in [-0.3, -0.25) is 0 Å². The molecule has 0 aromatic carbocycles. The van der Waals surface area contributed by atoms with Crippen LogP contribution in [0, 0.1) is 0 Å². The fraction of sp³-hybridized carbons (Fsp3) is 1.00. The lowest BCUT2D eigenvalue weighted by Gasteiger charge is -2.23. The number of halogens is 1. The van der Waals surface area contributed by atoms with Gasteiger partial charge in [0.1, 0.15) is 0 Å². The van der Waals surface area contributed by atoms with Crippen LogP contribution in [0.25, 0.3) is 0 Å². The van der Waals surface area contributed by atoms with Crippen molar-refractivity contribution in [3.05, 3.63) is 0 Å². The zero-order chi connectivity index (χ0) is 9.86. The van der Waals surface area contributed by atoms with E-state index in [0.717, 1.165) is 5.33 Å². The molecule has 1 aliphatic heterocycles. The SMILES string of the molecule is BrCCCCC1CCC2(CCCC2)O1. The normalized spacial score (nSPS) is 30.2. The lowest BCUT2D eigenvalue weighted by molar-refractivity contribution is -0.0393. The van der Waals surface area contributed by atoms with Crippen LogP contribution in [-0.2, 0) is 4.74 Å². The van der Waals surface area contributed by atoms with E-state index in [0.29, 0.717) is 11.7 Å². The van der Waals surface area contributed by atoms with E-state index in [-0.39, 0.29) is 0 Å². The topological polar surface area (TPSA) is 9.23 Å². The molecule has 0 aromatic rings. The standard InChI is InChI=1S/C12H21BrO/c13-10-4-1-5-11-6-9-12(14-11)7-2-3-8-12/h11H,1-10H2. The van der Waals surface area contributed by atoms with Crippen molar-refractivity contribution in [3.63, 3.8) is 0 Å². The van der Waals surface area contributed by atoms with Crippen LogP contribution in [0.1, 0.15) is 57.8 Å². The van der Waals surface area contributed by atoms with E-state index in [1.807, 2.05) is 0 Å². The molecular formula is C12H21BrO. The van der Waals surface area contributed by atoms with Crippen molar-refractivity contribution < 1.29 is 4.74 Å². The van der Waals surface area contributed by atoms with Crippen LogP contribution < -0.4 is 0 Å². The second-order valence-corrected chi connectivity index (χ2v) is 5.65.